The van der Waals surface area contributed by atoms with Gasteiger partial charge in [0.05, 0.1) is 7.11 Å². The van der Waals surface area contributed by atoms with E-state index in [9.17, 15) is 9.59 Å². The predicted molar refractivity (Wildman–Crippen MR) is 125 cm³/mol. The van der Waals surface area contributed by atoms with Gasteiger partial charge >= 0.3 is 0 Å². The molecule has 0 N–H and O–H groups in total. The molecule has 2 amide bonds. The first-order chi connectivity index (χ1) is 15.5. The maximum Gasteiger partial charge on any atom is 0.258 e. The molecule has 170 valence electrons. The van der Waals surface area contributed by atoms with E-state index in [0.29, 0.717) is 36.1 Å². The van der Waals surface area contributed by atoms with Gasteiger partial charge in [0.2, 0.25) is 5.91 Å². The van der Waals surface area contributed by atoms with Crippen LogP contribution in [-0.4, -0.2) is 92.5 Å². The molecule has 0 saturated carbocycles. The quantitative estimate of drug-likeness (QED) is 0.695. The number of likely N-dealkylation sites (N-methyl/N-ethyl adjacent to an activating group) is 1. The van der Waals surface area contributed by atoms with Crippen molar-refractivity contribution < 1.29 is 14.3 Å². The number of hydrogen-bond acceptors (Lipinski definition) is 5. The third-order valence-corrected chi connectivity index (χ3v) is 6.49. The first-order valence-electron chi connectivity index (χ1n) is 11.3. The Hall–Kier alpha value is -2.90. The zero-order valence-corrected chi connectivity index (χ0v) is 18.9. The highest BCUT2D eigenvalue weighted by Gasteiger charge is 2.31. The highest BCUT2D eigenvalue weighted by atomic mass is 16.5. The molecule has 7 nitrogen and oxygen atoms in total. The van der Waals surface area contributed by atoms with Gasteiger partial charge in [0, 0.05) is 50.0 Å². The normalized spacial score (nSPS) is 19.7. The van der Waals surface area contributed by atoms with Gasteiger partial charge in [0.25, 0.3) is 5.91 Å². The van der Waals surface area contributed by atoms with E-state index in [-0.39, 0.29) is 18.4 Å². The summed E-state index contributed by atoms with van der Waals surface area (Å²) in [6, 6.07) is 17.0. The van der Waals surface area contributed by atoms with Crippen LogP contribution in [0.5, 0.6) is 5.75 Å². The second-order valence-electron chi connectivity index (χ2n) is 8.58. The molecule has 7 heteroatoms. The van der Waals surface area contributed by atoms with Crippen LogP contribution in [0, 0.1) is 0 Å². The van der Waals surface area contributed by atoms with E-state index in [0.717, 1.165) is 26.2 Å². The first-order valence-corrected chi connectivity index (χ1v) is 11.3. The summed E-state index contributed by atoms with van der Waals surface area (Å²) in [7, 11) is 3.76. The smallest absolute Gasteiger partial charge is 0.258 e. The van der Waals surface area contributed by atoms with Crippen LogP contribution in [-0.2, 0) is 4.79 Å². The van der Waals surface area contributed by atoms with Crippen molar-refractivity contribution in [1.29, 1.82) is 0 Å². The third kappa shape index (κ3) is 5.11. The van der Waals surface area contributed by atoms with Gasteiger partial charge in [0.1, 0.15) is 12.3 Å². The van der Waals surface area contributed by atoms with Crippen LogP contribution in [0.4, 0.5) is 5.69 Å². The number of piperazine rings is 1. The number of likely N-dealkylation sites (tertiary alicyclic amines) is 1. The molecule has 2 fully saturated rings. The Morgan fingerprint density at radius 2 is 1.66 bits per heavy atom. The number of rotatable bonds is 6. The van der Waals surface area contributed by atoms with E-state index in [1.165, 1.54) is 6.42 Å². The number of para-hydroxylation sites is 1. The highest BCUT2D eigenvalue weighted by molar-refractivity contribution is 6.08. The number of benzene rings is 2. The van der Waals surface area contributed by atoms with Gasteiger partial charge < -0.3 is 14.5 Å². The Morgan fingerprint density at radius 3 is 2.25 bits per heavy atom. The summed E-state index contributed by atoms with van der Waals surface area (Å²) in [6.07, 6.45) is 1.20. The van der Waals surface area contributed by atoms with Crippen LogP contribution in [0.1, 0.15) is 16.8 Å². The van der Waals surface area contributed by atoms with Gasteiger partial charge in [-0.15, -0.1) is 0 Å². The lowest BCUT2D eigenvalue weighted by Crippen LogP contribution is -2.54. The average molecular weight is 437 g/mol. The minimum Gasteiger partial charge on any atom is -0.497 e. The fourth-order valence-corrected chi connectivity index (χ4v) is 4.56. The third-order valence-electron chi connectivity index (χ3n) is 6.49. The molecular formula is C25H32N4O3. The van der Waals surface area contributed by atoms with Gasteiger partial charge in [-0.2, -0.15) is 0 Å². The topological polar surface area (TPSA) is 56.3 Å². The van der Waals surface area contributed by atoms with Crippen molar-refractivity contribution in [3.05, 3.63) is 60.2 Å². The summed E-state index contributed by atoms with van der Waals surface area (Å²) in [4.78, 5) is 34.8. The number of carbonyl (C=O) groups is 2. The molecule has 2 heterocycles. The number of carbonyl (C=O) groups excluding carboxylic acids is 2. The van der Waals surface area contributed by atoms with E-state index in [1.807, 2.05) is 35.2 Å². The first kappa shape index (κ1) is 22.3. The minimum atomic E-state index is -0.195. The van der Waals surface area contributed by atoms with Crippen molar-refractivity contribution in [2.75, 3.05) is 64.9 Å². The van der Waals surface area contributed by atoms with Crippen molar-refractivity contribution in [2.24, 2.45) is 0 Å². The van der Waals surface area contributed by atoms with Crippen molar-refractivity contribution in [3.8, 4) is 5.75 Å². The standard InChI is InChI=1S/C25H32N4O3/c1-26-13-12-22(18-26)27-14-16-28(17-15-27)24(30)19-29(21-6-4-3-5-7-21)25(31)20-8-10-23(32-2)11-9-20/h3-11,22H,12-19H2,1-2H3. The van der Waals surface area contributed by atoms with Crippen LogP contribution in [0.3, 0.4) is 0 Å². The molecule has 2 aromatic rings. The van der Waals surface area contributed by atoms with Crippen LogP contribution in [0.25, 0.3) is 0 Å². The number of nitrogens with zero attached hydrogens (tertiary/aromatic N) is 4. The number of methoxy groups -OCH3 is 1. The number of anilines is 1. The zero-order valence-electron chi connectivity index (χ0n) is 18.9. The van der Waals surface area contributed by atoms with Gasteiger partial charge in [-0.25, -0.2) is 0 Å². The second kappa shape index (κ2) is 10.1. The average Bonchev–Trinajstić information content (AvgIpc) is 3.29. The molecule has 2 aliphatic rings. The summed E-state index contributed by atoms with van der Waals surface area (Å²) in [6.45, 7) is 5.47. The van der Waals surface area contributed by atoms with Crippen LogP contribution in [0.15, 0.2) is 54.6 Å². The lowest BCUT2D eigenvalue weighted by molar-refractivity contribution is -0.131. The monoisotopic (exact) mass is 436 g/mol. The van der Waals surface area contributed by atoms with E-state index >= 15 is 0 Å². The molecule has 0 bridgehead atoms. The van der Waals surface area contributed by atoms with Crippen LogP contribution >= 0.6 is 0 Å². The van der Waals surface area contributed by atoms with Gasteiger partial charge in [-0.3, -0.25) is 19.4 Å². The Kier molecular flexibility index (Phi) is 7.07. The molecule has 4 rings (SSSR count). The number of amides is 2. The molecule has 1 atom stereocenters. The SMILES string of the molecule is COc1ccc(C(=O)N(CC(=O)N2CCN(C3CCN(C)C3)CC2)c2ccccc2)cc1. The van der Waals surface area contributed by atoms with E-state index in [2.05, 4.69) is 16.8 Å². The maximum atomic E-state index is 13.3. The van der Waals surface area contributed by atoms with Crippen LogP contribution < -0.4 is 9.64 Å². The molecule has 32 heavy (non-hydrogen) atoms. The summed E-state index contributed by atoms with van der Waals surface area (Å²) in [5.74, 6) is 0.481. The van der Waals surface area contributed by atoms with Crippen molar-refractivity contribution >= 4 is 17.5 Å². The highest BCUT2D eigenvalue weighted by Crippen LogP contribution is 2.20. The lowest BCUT2D eigenvalue weighted by atomic mass is 10.1. The Balaban J connectivity index is 1.43. The van der Waals surface area contributed by atoms with Crippen molar-refractivity contribution in [2.45, 2.75) is 12.5 Å². The molecule has 2 aliphatic heterocycles. The summed E-state index contributed by atoms with van der Waals surface area (Å²) in [5.41, 5.74) is 1.24. The van der Waals surface area contributed by atoms with E-state index in [4.69, 9.17) is 4.74 Å². The number of ether oxygens (including phenoxy) is 1. The molecule has 1 unspecified atom stereocenters. The fourth-order valence-electron chi connectivity index (χ4n) is 4.56. The van der Waals surface area contributed by atoms with Gasteiger partial charge in [-0.1, -0.05) is 18.2 Å². The molecule has 0 aliphatic carbocycles. The number of hydrogen-bond donors (Lipinski definition) is 0. The van der Waals surface area contributed by atoms with Crippen molar-refractivity contribution in [1.82, 2.24) is 14.7 Å². The Morgan fingerprint density at radius 1 is 0.969 bits per heavy atom. The Bertz CT molecular complexity index is 911. The molecular weight excluding hydrogens is 404 g/mol. The summed E-state index contributed by atoms with van der Waals surface area (Å²) in [5, 5.41) is 0. The zero-order chi connectivity index (χ0) is 22.5. The maximum absolute atomic E-state index is 13.3. The molecule has 0 aromatic heterocycles. The predicted octanol–water partition coefficient (Wildman–Crippen LogP) is 2.19. The largest absolute Gasteiger partial charge is 0.497 e. The molecule has 0 spiro atoms. The van der Waals surface area contributed by atoms with Gasteiger partial charge in [0.15, 0.2) is 0 Å². The molecule has 2 aromatic carbocycles. The Labute approximate surface area is 190 Å². The van der Waals surface area contributed by atoms with Gasteiger partial charge in [-0.05, 0) is 56.4 Å². The summed E-state index contributed by atoms with van der Waals surface area (Å²) >= 11 is 0. The lowest BCUT2D eigenvalue weighted by Gasteiger charge is -2.38. The van der Waals surface area contributed by atoms with Crippen molar-refractivity contribution in [3.63, 3.8) is 0 Å². The molecule has 0 radical (unpaired) electrons. The summed E-state index contributed by atoms with van der Waals surface area (Å²) < 4.78 is 5.20. The van der Waals surface area contributed by atoms with E-state index in [1.54, 1.807) is 36.3 Å². The minimum absolute atomic E-state index is 0.0149. The van der Waals surface area contributed by atoms with Crippen LogP contribution in [0.2, 0.25) is 0 Å². The fraction of sp³-hybridized carbons (Fsp3) is 0.440. The second-order valence-corrected chi connectivity index (χ2v) is 8.58. The van der Waals surface area contributed by atoms with E-state index < -0.39 is 0 Å². The molecule has 2 saturated heterocycles.